The van der Waals surface area contributed by atoms with Gasteiger partial charge in [-0.15, -0.1) is 11.3 Å². The van der Waals surface area contributed by atoms with Crippen LogP contribution in [0.4, 0.5) is 0 Å². The van der Waals surface area contributed by atoms with Crippen LogP contribution >= 0.6 is 22.9 Å². The lowest BCUT2D eigenvalue weighted by molar-refractivity contribution is 0.748. The molecule has 4 nitrogen and oxygen atoms in total. The normalized spacial score (nSPS) is 11.1. The number of benzene rings is 2. The molecule has 1 N–H and O–H groups in total. The lowest BCUT2D eigenvalue weighted by atomic mass is 10.2. The Morgan fingerprint density at radius 2 is 1.85 bits per heavy atom. The molecule has 0 aliphatic heterocycles. The minimum Gasteiger partial charge on any atom is -0.306 e. The molecular weight excluding hydrogens is 376 g/mol. The quantitative estimate of drug-likeness (QED) is 0.353. The monoisotopic (exact) mass is 392 g/mol. The largest absolute Gasteiger partial charge is 0.306 e. The number of aromatic nitrogens is 2. The van der Waals surface area contributed by atoms with Gasteiger partial charge in [-0.2, -0.15) is 10.2 Å². The van der Waals surface area contributed by atoms with Crippen LogP contribution in [0, 0.1) is 0 Å². The van der Waals surface area contributed by atoms with E-state index in [1.165, 1.54) is 0 Å². The number of rotatable bonds is 6. The number of hydrazone groups is 1. The molecule has 4 aromatic rings. The lowest BCUT2D eigenvalue weighted by Crippen LogP contribution is -2.05. The Hall–Kier alpha value is -2.89. The summed E-state index contributed by atoms with van der Waals surface area (Å²) < 4.78 is 1.88. The van der Waals surface area contributed by atoms with Gasteiger partial charge in [-0.3, -0.25) is 0 Å². The SMILES string of the molecule is Clc1ccc(CN/N=C\c2cn(-c3ccccc3)nc2-c2cccs2)cc1. The van der Waals surface area contributed by atoms with E-state index >= 15 is 0 Å². The molecule has 0 saturated carbocycles. The van der Waals surface area contributed by atoms with Crippen molar-refractivity contribution in [2.75, 3.05) is 0 Å². The fourth-order valence-electron chi connectivity index (χ4n) is 2.65. The van der Waals surface area contributed by atoms with Crippen LogP contribution < -0.4 is 5.43 Å². The molecule has 2 aromatic heterocycles. The van der Waals surface area contributed by atoms with Gasteiger partial charge in [0, 0.05) is 16.8 Å². The van der Waals surface area contributed by atoms with E-state index in [1.807, 2.05) is 77.8 Å². The number of hydrogen-bond acceptors (Lipinski definition) is 4. The first-order chi connectivity index (χ1) is 13.3. The predicted octanol–water partition coefficient (Wildman–Crippen LogP) is 5.38. The van der Waals surface area contributed by atoms with Crippen LogP contribution in [0.25, 0.3) is 16.3 Å². The number of halogens is 1. The third-order valence-corrected chi connectivity index (χ3v) is 5.14. The minimum atomic E-state index is 0.634. The third kappa shape index (κ3) is 4.27. The molecule has 4 rings (SSSR count). The van der Waals surface area contributed by atoms with Gasteiger partial charge in [0.15, 0.2) is 0 Å². The molecular formula is C21H17ClN4S. The lowest BCUT2D eigenvalue weighted by Gasteiger charge is -2.00. The second kappa shape index (κ2) is 8.20. The maximum absolute atomic E-state index is 5.91. The number of nitrogens with one attached hydrogen (secondary N) is 1. The van der Waals surface area contributed by atoms with Crippen molar-refractivity contribution in [3.8, 4) is 16.3 Å². The summed E-state index contributed by atoms with van der Waals surface area (Å²) >= 11 is 7.58. The van der Waals surface area contributed by atoms with E-state index in [-0.39, 0.29) is 0 Å². The molecule has 0 saturated heterocycles. The minimum absolute atomic E-state index is 0.634. The Kier molecular flexibility index (Phi) is 5.32. The summed E-state index contributed by atoms with van der Waals surface area (Å²) in [5, 5.41) is 11.9. The Balaban J connectivity index is 1.55. The van der Waals surface area contributed by atoms with Gasteiger partial charge >= 0.3 is 0 Å². The first-order valence-corrected chi connectivity index (χ1v) is 9.75. The molecule has 0 amide bonds. The number of thiophene rings is 1. The van der Waals surface area contributed by atoms with Gasteiger partial charge in [0.2, 0.25) is 0 Å². The number of nitrogens with zero attached hydrogens (tertiary/aromatic N) is 3. The van der Waals surface area contributed by atoms with E-state index in [9.17, 15) is 0 Å². The van der Waals surface area contributed by atoms with E-state index in [4.69, 9.17) is 16.7 Å². The molecule has 0 spiro atoms. The van der Waals surface area contributed by atoms with Crippen molar-refractivity contribution in [1.29, 1.82) is 0 Å². The van der Waals surface area contributed by atoms with Crippen molar-refractivity contribution < 1.29 is 0 Å². The molecule has 0 aliphatic carbocycles. The van der Waals surface area contributed by atoms with E-state index in [2.05, 4.69) is 22.0 Å². The second-order valence-electron chi connectivity index (χ2n) is 5.91. The van der Waals surface area contributed by atoms with Crippen LogP contribution in [0.3, 0.4) is 0 Å². The van der Waals surface area contributed by atoms with Gasteiger partial charge in [-0.05, 0) is 41.3 Å². The molecule has 0 radical (unpaired) electrons. The fraction of sp³-hybridized carbons (Fsp3) is 0.0476. The van der Waals surface area contributed by atoms with Gasteiger partial charge < -0.3 is 5.43 Å². The predicted molar refractivity (Wildman–Crippen MR) is 113 cm³/mol. The van der Waals surface area contributed by atoms with Crippen molar-refractivity contribution >= 4 is 29.2 Å². The molecule has 2 heterocycles. The van der Waals surface area contributed by atoms with E-state index in [0.717, 1.165) is 32.4 Å². The van der Waals surface area contributed by atoms with Gasteiger partial charge in [0.1, 0.15) is 5.69 Å². The van der Waals surface area contributed by atoms with Gasteiger partial charge in [0.25, 0.3) is 0 Å². The molecule has 0 atom stereocenters. The average molecular weight is 393 g/mol. The molecule has 2 aromatic carbocycles. The molecule has 0 aliphatic rings. The topological polar surface area (TPSA) is 42.2 Å². The number of hydrogen-bond donors (Lipinski definition) is 1. The van der Waals surface area contributed by atoms with Crippen LogP contribution in [-0.4, -0.2) is 16.0 Å². The van der Waals surface area contributed by atoms with Gasteiger partial charge in [0.05, 0.1) is 23.3 Å². The highest BCUT2D eigenvalue weighted by atomic mass is 35.5. The summed E-state index contributed by atoms with van der Waals surface area (Å²) in [6, 6.07) is 21.9. The summed E-state index contributed by atoms with van der Waals surface area (Å²) in [5.41, 5.74) is 7.11. The summed E-state index contributed by atoms with van der Waals surface area (Å²) in [6.07, 6.45) is 3.81. The summed E-state index contributed by atoms with van der Waals surface area (Å²) in [5.74, 6) is 0. The van der Waals surface area contributed by atoms with Crippen LogP contribution in [-0.2, 0) is 6.54 Å². The van der Waals surface area contributed by atoms with Crippen molar-refractivity contribution in [1.82, 2.24) is 15.2 Å². The highest BCUT2D eigenvalue weighted by Crippen LogP contribution is 2.26. The summed E-state index contributed by atoms with van der Waals surface area (Å²) in [7, 11) is 0. The average Bonchev–Trinajstić information content (AvgIpc) is 3.37. The van der Waals surface area contributed by atoms with E-state index in [0.29, 0.717) is 6.54 Å². The van der Waals surface area contributed by atoms with Crippen molar-refractivity contribution in [2.45, 2.75) is 6.54 Å². The Morgan fingerprint density at radius 1 is 1.04 bits per heavy atom. The molecule has 0 fully saturated rings. The summed E-state index contributed by atoms with van der Waals surface area (Å²) in [4.78, 5) is 1.11. The molecule has 0 unspecified atom stereocenters. The zero-order valence-electron chi connectivity index (χ0n) is 14.4. The molecule has 0 bridgehead atoms. The Bertz CT molecular complexity index is 1020. The van der Waals surface area contributed by atoms with Gasteiger partial charge in [-0.25, -0.2) is 4.68 Å². The maximum Gasteiger partial charge on any atom is 0.112 e. The first-order valence-electron chi connectivity index (χ1n) is 8.49. The van der Waals surface area contributed by atoms with Crippen LogP contribution in [0.5, 0.6) is 0 Å². The highest BCUT2D eigenvalue weighted by molar-refractivity contribution is 7.13. The van der Waals surface area contributed by atoms with Crippen molar-refractivity contribution in [3.63, 3.8) is 0 Å². The standard InChI is InChI=1S/C21H17ClN4S/c22-18-10-8-16(9-11-18)13-23-24-14-17-15-26(19-5-2-1-3-6-19)25-21(17)20-7-4-12-27-20/h1-12,14-15,23H,13H2/b24-14-. The van der Waals surface area contributed by atoms with E-state index in [1.54, 1.807) is 11.3 Å². The maximum atomic E-state index is 5.91. The zero-order valence-corrected chi connectivity index (χ0v) is 16.0. The highest BCUT2D eigenvalue weighted by Gasteiger charge is 2.11. The van der Waals surface area contributed by atoms with Gasteiger partial charge in [-0.1, -0.05) is 48.0 Å². The molecule has 27 heavy (non-hydrogen) atoms. The fourth-order valence-corrected chi connectivity index (χ4v) is 3.51. The molecule has 134 valence electrons. The van der Waals surface area contributed by atoms with Crippen LogP contribution in [0.1, 0.15) is 11.1 Å². The first kappa shape index (κ1) is 17.5. The second-order valence-corrected chi connectivity index (χ2v) is 7.29. The number of para-hydroxylation sites is 1. The smallest absolute Gasteiger partial charge is 0.112 e. The van der Waals surface area contributed by atoms with Crippen molar-refractivity contribution in [2.24, 2.45) is 5.10 Å². The third-order valence-electron chi connectivity index (χ3n) is 4.01. The van der Waals surface area contributed by atoms with E-state index < -0.39 is 0 Å². The van der Waals surface area contributed by atoms with Crippen molar-refractivity contribution in [3.05, 3.63) is 94.5 Å². The zero-order chi connectivity index (χ0) is 18.5. The van der Waals surface area contributed by atoms with Crippen LogP contribution in [0.2, 0.25) is 5.02 Å². The Morgan fingerprint density at radius 3 is 2.59 bits per heavy atom. The van der Waals surface area contributed by atoms with Crippen LogP contribution in [0.15, 0.2) is 83.4 Å². The molecule has 6 heteroatoms. The summed E-state index contributed by atoms with van der Waals surface area (Å²) in [6.45, 7) is 0.634. The Labute approximate surface area is 166 Å².